The summed E-state index contributed by atoms with van der Waals surface area (Å²) >= 11 is 0. The third kappa shape index (κ3) is 5.36. The first-order valence-electron chi connectivity index (χ1n) is 7.06. The highest BCUT2D eigenvalue weighted by Crippen LogP contribution is 2.27. The summed E-state index contributed by atoms with van der Waals surface area (Å²) in [5.74, 6) is -0.243. The fraction of sp³-hybridized carbons (Fsp3) is 0.857. The van der Waals surface area contributed by atoms with Crippen LogP contribution >= 0.6 is 0 Å². The number of hydrogen-bond acceptors (Lipinski definition) is 5. The van der Waals surface area contributed by atoms with Crippen LogP contribution in [0.3, 0.4) is 0 Å². The molecule has 0 heterocycles. The van der Waals surface area contributed by atoms with Crippen molar-refractivity contribution >= 4 is 12.1 Å². The number of carbonyl (C=O) groups is 2. The van der Waals surface area contributed by atoms with Gasteiger partial charge in [-0.3, -0.25) is 4.79 Å². The van der Waals surface area contributed by atoms with Crippen LogP contribution in [0, 0.1) is 5.92 Å². The van der Waals surface area contributed by atoms with Gasteiger partial charge in [0.05, 0.1) is 7.11 Å². The van der Waals surface area contributed by atoms with E-state index in [0.29, 0.717) is 0 Å². The number of esters is 1. The van der Waals surface area contributed by atoms with Gasteiger partial charge in [0.15, 0.2) is 0 Å². The summed E-state index contributed by atoms with van der Waals surface area (Å²) in [6.07, 6.45) is 2.81. The molecule has 0 spiro atoms. The second-order valence-electron chi connectivity index (χ2n) is 6.31. The summed E-state index contributed by atoms with van der Waals surface area (Å²) in [4.78, 5) is 23.1. The van der Waals surface area contributed by atoms with Crippen molar-refractivity contribution in [3.8, 4) is 0 Å². The molecule has 116 valence electrons. The van der Waals surface area contributed by atoms with Crippen LogP contribution in [0.25, 0.3) is 0 Å². The number of rotatable bonds is 3. The van der Waals surface area contributed by atoms with E-state index in [0.717, 1.165) is 25.7 Å². The molecule has 1 aliphatic rings. The molecular formula is C14H26N2O4. The van der Waals surface area contributed by atoms with Gasteiger partial charge in [0.2, 0.25) is 0 Å². The number of nitrogens with two attached hydrogens (primary N) is 1. The first-order valence-corrected chi connectivity index (χ1v) is 7.06. The Bertz CT molecular complexity index is 344. The average Bonchev–Trinajstić information content (AvgIpc) is 2.35. The Hall–Kier alpha value is -1.30. The molecule has 0 aromatic rings. The molecule has 1 rings (SSSR count). The molecule has 1 aliphatic carbocycles. The van der Waals surface area contributed by atoms with Crippen molar-refractivity contribution in [2.24, 2.45) is 11.7 Å². The van der Waals surface area contributed by atoms with Gasteiger partial charge >= 0.3 is 12.1 Å². The van der Waals surface area contributed by atoms with Crippen LogP contribution in [0.5, 0.6) is 0 Å². The number of carbonyl (C=O) groups excluding carboxylic acids is 2. The average molecular weight is 286 g/mol. The Labute approximate surface area is 120 Å². The first kappa shape index (κ1) is 16.8. The summed E-state index contributed by atoms with van der Waals surface area (Å²) in [5.41, 5.74) is 5.35. The molecule has 0 aromatic carbocycles. The monoisotopic (exact) mass is 286 g/mol. The van der Waals surface area contributed by atoms with E-state index in [9.17, 15) is 9.59 Å². The van der Waals surface area contributed by atoms with Gasteiger partial charge in [0.1, 0.15) is 11.6 Å². The van der Waals surface area contributed by atoms with Gasteiger partial charge in [-0.2, -0.15) is 0 Å². The highest BCUT2D eigenvalue weighted by Gasteiger charge is 2.31. The third-order valence-corrected chi connectivity index (χ3v) is 3.47. The number of hydrogen-bond donors (Lipinski definition) is 2. The zero-order valence-electron chi connectivity index (χ0n) is 12.8. The minimum Gasteiger partial charge on any atom is -0.468 e. The summed E-state index contributed by atoms with van der Waals surface area (Å²) in [6, 6.07) is -0.478. The second-order valence-corrected chi connectivity index (χ2v) is 6.31. The number of alkyl carbamates (subject to hydrolysis) is 1. The lowest BCUT2D eigenvalue weighted by atomic mass is 9.82. The highest BCUT2D eigenvalue weighted by molar-refractivity contribution is 5.75. The van der Waals surface area contributed by atoms with Crippen LogP contribution in [0.15, 0.2) is 0 Å². The number of ether oxygens (including phenoxy) is 2. The molecule has 0 bridgehead atoms. The van der Waals surface area contributed by atoms with E-state index in [4.69, 9.17) is 10.5 Å². The first-order chi connectivity index (χ1) is 9.23. The van der Waals surface area contributed by atoms with Gasteiger partial charge < -0.3 is 20.5 Å². The molecule has 1 fully saturated rings. The molecule has 1 unspecified atom stereocenters. The SMILES string of the molecule is COC(=O)C(N)C1CCC(NC(=O)OC(C)(C)C)CC1. The molecule has 0 saturated heterocycles. The third-order valence-electron chi connectivity index (χ3n) is 3.47. The van der Waals surface area contributed by atoms with Crippen molar-refractivity contribution in [1.82, 2.24) is 5.32 Å². The van der Waals surface area contributed by atoms with Crippen molar-refractivity contribution in [2.75, 3.05) is 7.11 Å². The Kier molecular flexibility index (Phi) is 5.80. The van der Waals surface area contributed by atoms with Gasteiger partial charge in [-0.25, -0.2) is 4.79 Å². The zero-order valence-corrected chi connectivity index (χ0v) is 12.8. The van der Waals surface area contributed by atoms with Crippen molar-refractivity contribution < 1.29 is 19.1 Å². The molecule has 1 atom stereocenters. The lowest BCUT2D eigenvalue weighted by Crippen LogP contribution is -2.45. The molecule has 0 radical (unpaired) electrons. The van der Waals surface area contributed by atoms with Crippen molar-refractivity contribution in [1.29, 1.82) is 0 Å². The Morgan fingerprint density at radius 2 is 1.75 bits per heavy atom. The standard InChI is InChI=1S/C14H26N2O4/c1-14(2,3)20-13(18)16-10-7-5-9(6-8-10)11(15)12(17)19-4/h9-11H,5-8,15H2,1-4H3,(H,16,18). The van der Waals surface area contributed by atoms with Crippen LogP contribution in [0.1, 0.15) is 46.5 Å². The minimum atomic E-state index is -0.567. The lowest BCUT2D eigenvalue weighted by Gasteiger charge is -2.31. The van der Waals surface area contributed by atoms with E-state index in [-0.39, 0.29) is 17.9 Å². The van der Waals surface area contributed by atoms with Crippen molar-refractivity contribution in [2.45, 2.75) is 64.1 Å². The summed E-state index contributed by atoms with van der Waals surface area (Å²) in [5, 5.41) is 2.86. The van der Waals surface area contributed by atoms with E-state index < -0.39 is 17.7 Å². The van der Waals surface area contributed by atoms with E-state index in [1.165, 1.54) is 7.11 Å². The molecule has 6 heteroatoms. The maximum Gasteiger partial charge on any atom is 0.407 e. The van der Waals surface area contributed by atoms with Crippen LogP contribution in [-0.2, 0) is 14.3 Å². The molecule has 20 heavy (non-hydrogen) atoms. The summed E-state index contributed by atoms with van der Waals surface area (Å²) in [6.45, 7) is 5.50. The minimum absolute atomic E-state index is 0.0888. The Morgan fingerprint density at radius 3 is 2.20 bits per heavy atom. The summed E-state index contributed by atoms with van der Waals surface area (Å²) in [7, 11) is 1.35. The van der Waals surface area contributed by atoms with Crippen LogP contribution in [0.2, 0.25) is 0 Å². The molecule has 0 aliphatic heterocycles. The molecule has 6 nitrogen and oxygen atoms in total. The predicted octanol–water partition coefficient (Wildman–Crippen LogP) is 1.57. The molecule has 3 N–H and O–H groups in total. The van der Waals surface area contributed by atoms with Crippen molar-refractivity contribution in [3.05, 3.63) is 0 Å². The van der Waals surface area contributed by atoms with E-state index in [2.05, 4.69) is 10.1 Å². The number of methoxy groups -OCH3 is 1. The maximum atomic E-state index is 11.7. The molecule has 1 amide bonds. The van der Waals surface area contributed by atoms with Gasteiger partial charge in [-0.15, -0.1) is 0 Å². The van der Waals surface area contributed by atoms with Crippen LogP contribution < -0.4 is 11.1 Å². The number of amides is 1. The fourth-order valence-electron chi connectivity index (χ4n) is 2.43. The zero-order chi connectivity index (χ0) is 15.3. The quantitative estimate of drug-likeness (QED) is 0.768. The van der Waals surface area contributed by atoms with E-state index in [1.807, 2.05) is 20.8 Å². The summed E-state index contributed by atoms with van der Waals surface area (Å²) < 4.78 is 9.88. The largest absolute Gasteiger partial charge is 0.468 e. The van der Waals surface area contributed by atoms with Crippen LogP contribution in [-0.4, -0.2) is 36.9 Å². The Morgan fingerprint density at radius 1 is 1.20 bits per heavy atom. The molecular weight excluding hydrogens is 260 g/mol. The van der Waals surface area contributed by atoms with Gasteiger partial charge in [-0.1, -0.05) is 0 Å². The normalized spacial score (nSPS) is 24.6. The van der Waals surface area contributed by atoms with E-state index >= 15 is 0 Å². The smallest absolute Gasteiger partial charge is 0.407 e. The lowest BCUT2D eigenvalue weighted by molar-refractivity contribution is -0.143. The van der Waals surface area contributed by atoms with Gasteiger partial charge in [0.25, 0.3) is 0 Å². The Balaban J connectivity index is 2.35. The van der Waals surface area contributed by atoms with Crippen molar-refractivity contribution in [3.63, 3.8) is 0 Å². The fourth-order valence-corrected chi connectivity index (χ4v) is 2.43. The highest BCUT2D eigenvalue weighted by atomic mass is 16.6. The van der Waals surface area contributed by atoms with E-state index in [1.54, 1.807) is 0 Å². The molecule has 1 saturated carbocycles. The molecule has 0 aromatic heterocycles. The van der Waals surface area contributed by atoms with Gasteiger partial charge in [-0.05, 0) is 52.4 Å². The second kappa shape index (κ2) is 6.92. The number of nitrogens with one attached hydrogen (secondary N) is 1. The maximum absolute atomic E-state index is 11.7. The van der Waals surface area contributed by atoms with Gasteiger partial charge in [0, 0.05) is 6.04 Å². The predicted molar refractivity (Wildman–Crippen MR) is 75.1 cm³/mol. The van der Waals surface area contributed by atoms with Crippen LogP contribution in [0.4, 0.5) is 4.79 Å². The topological polar surface area (TPSA) is 90.6 Å².